The standard InChI is InChI=1S/C25H21N3O2S/c1-2-30-19-14-12-18(13-15-19)28-24(29)23-22(20-10-6-7-11-21(20)26-23)27-25(28)31-16-17-8-4-3-5-9-17/h3-15,26H,2,16H2,1H3. The molecule has 5 nitrogen and oxygen atoms in total. The minimum absolute atomic E-state index is 0.110. The zero-order valence-electron chi connectivity index (χ0n) is 17.0. The Bertz CT molecular complexity index is 1410. The first-order chi connectivity index (χ1) is 15.2. The molecule has 2 heterocycles. The molecule has 3 aromatic carbocycles. The summed E-state index contributed by atoms with van der Waals surface area (Å²) >= 11 is 1.56. The molecular formula is C25H21N3O2S. The minimum atomic E-state index is -0.110. The predicted octanol–water partition coefficient (Wildman–Crippen LogP) is 5.56. The van der Waals surface area contributed by atoms with Gasteiger partial charge in [0.05, 0.1) is 12.3 Å². The highest BCUT2D eigenvalue weighted by Crippen LogP contribution is 2.28. The molecule has 0 unspecified atom stereocenters. The van der Waals surface area contributed by atoms with E-state index in [-0.39, 0.29) is 5.56 Å². The molecule has 0 saturated heterocycles. The number of thioether (sulfide) groups is 1. The second kappa shape index (κ2) is 8.32. The smallest absolute Gasteiger partial charge is 0.283 e. The van der Waals surface area contributed by atoms with Gasteiger partial charge in [-0.2, -0.15) is 0 Å². The number of fused-ring (bicyclic) bond motifs is 3. The van der Waals surface area contributed by atoms with Crippen LogP contribution in [0.4, 0.5) is 0 Å². The van der Waals surface area contributed by atoms with Gasteiger partial charge in [0, 0.05) is 16.7 Å². The van der Waals surface area contributed by atoms with E-state index in [2.05, 4.69) is 17.1 Å². The predicted molar refractivity (Wildman–Crippen MR) is 126 cm³/mol. The molecule has 154 valence electrons. The summed E-state index contributed by atoms with van der Waals surface area (Å²) in [4.78, 5) is 21.8. The summed E-state index contributed by atoms with van der Waals surface area (Å²) in [5.74, 6) is 1.50. The topological polar surface area (TPSA) is 59.9 Å². The maximum atomic E-state index is 13.6. The van der Waals surface area contributed by atoms with Gasteiger partial charge in [0.25, 0.3) is 5.56 Å². The van der Waals surface area contributed by atoms with E-state index in [1.165, 1.54) is 5.56 Å². The molecule has 0 spiro atoms. The molecule has 0 aliphatic heterocycles. The Morgan fingerprint density at radius 2 is 1.71 bits per heavy atom. The largest absolute Gasteiger partial charge is 0.494 e. The molecule has 0 bridgehead atoms. The van der Waals surface area contributed by atoms with Gasteiger partial charge in [0.15, 0.2) is 5.16 Å². The number of rotatable bonds is 6. The van der Waals surface area contributed by atoms with E-state index < -0.39 is 0 Å². The Morgan fingerprint density at radius 3 is 2.48 bits per heavy atom. The van der Waals surface area contributed by atoms with E-state index in [4.69, 9.17) is 9.72 Å². The third kappa shape index (κ3) is 3.70. The van der Waals surface area contributed by atoms with Crippen LogP contribution < -0.4 is 10.3 Å². The molecule has 5 aromatic rings. The van der Waals surface area contributed by atoms with E-state index >= 15 is 0 Å². The summed E-state index contributed by atoms with van der Waals surface area (Å²) in [5.41, 5.74) is 3.96. The summed E-state index contributed by atoms with van der Waals surface area (Å²) in [6, 6.07) is 25.6. The fourth-order valence-electron chi connectivity index (χ4n) is 3.65. The van der Waals surface area contributed by atoms with Crippen molar-refractivity contribution in [2.75, 3.05) is 6.61 Å². The summed E-state index contributed by atoms with van der Waals surface area (Å²) in [6.45, 7) is 2.55. The van der Waals surface area contributed by atoms with Crippen LogP contribution in [-0.4, -0.2) is 21.1 Å². The van der Waals surface area contributed by atoms with E-state index in [9.17, 15) is 4.79 Å². The van der Waals surface area contributed by atoms with Gasteiger partial charge in [0.1, 0.15) is 16.8 Å². The van der Waals surface area contributed by atoms with Crippen molar-refractivity contribution in [3.63, 3.8) is 0 Å². The highest BCUT2D eigenvalue weighted by atomic mass is 32.2. The van der Waals surface area contributed by atoms with Crippen LogP contribution in [0, 0.1) is 0 Å². The van der Waals surface area contributed by atoms with Crippen molar-refractivity contribution >= 4 is 33.7 Å². The number of hydrogen-bond donors (Lipinski definition) is 1. The first-order valence-corrected chi connectivity index (χ1v) is 11.2. The normalized spacial score (nSPS) is 11.3. The third-order valence-electron chi connectivity index (χ3n) is 5.11. The number of ether oxygens (including phenoxy) is 1. The summed E-state index contributed by atoms with van der Waals surface area (Å²) in [5, 5.41) is 1.62. The Kier molecular flexibility index (Phi) is 5.22. The number of nitrogens with one attached hydrogen (secondary N) is 1. The zero-order chi connectivity index (χ0) is 21.2. The molecule has 6 heteroatoms. The quantitative estimate of drug-likeness (QED) is 0.285. The van der Waals surface area contributed by atoms with Crippen LogP contribution in [0.2, 0.25) is 0 Å². The van der Waals surface area contributed by atoms with Crippen molar-refractivity contribution in [3.8, 4) is 11.4 Å². The molecule has 0 saturated carbocycles. The van der Waals surface area contributed by atoms with E-state index in [1.807, 2.05) is 73.7 Å². The van der Waals surface area contributed by atoms with Crippen molar-refractivity contribution in [2.45, 2.75) is 17.8 Å². The van der Waals surface area contributed by atoms with Crippen LogP contribution in [0.3, 0.4) is 0 Å². The Morgan fingerprint density at radius 1 is 0.968 bits per heavy atom. The molecule has 2 aromatic heterocycles. The Balaban J connectivity index is 1.67. The lowest BCUT2D eigenvalue weighted by Crippen LogP contribution is -2.21. The molecule has 31 heavy (non-hydrogen) atoms. The lowest BCUT2D eigenvalue weighted by molar-refractivity contribution is 0.340. The maximum absolute atomic E-state index is 13.6. The van der Waals surface area contributed by atoms with Gasteiger partial charge >= 0.3 is 0 Å². The van der Waals surface area contributed by atoms with Crippen molar-refractivity contribution < 1.29 is 4.74 Å². The minimum Gasteiger partial charge on any atom is -0.494 e. The fourth-order valence-corrected chi connectivity index (χ4v) is 4.61. The van der Waals surface area contributed by atoms with Crippen LogP contribution in [0.25, 0.3) is 27.6 Å². The number of H-pyrrole nitrogens is 1. The van der Waals surface area contributed by atoms with E-state index in [0.717, 1.165) is 28.1 Å². The van der Waals surface area contributed by atoms with Gasteiger partial charge in [-0.3, -0.25) is 9.36 Å². The van der Waals surface area contributed by atoms with Crippen molar-refractivity contribution in [1.82, 2.24) is 14.5 Å². The van der Waals surface area contributed by atoms with Crippen molar-refractivity contribution in [3.05, 3.63) is 94.8 Å². The molecule has 0 fully saturated rings. The molecule has 0 aliphatic rings. The third-order valence-corrected chi connectivity index (χ3v) is 6.12. The number of nitrogens with zero attached hydrogens (tertiary/aromatic N) is 2. The van der Waals surface area contributed by atoms with E-state index in [0.29, 0.717) is 22.8 Å². The molecule has 5 rings (SSSR count). The zero-order valence-corrected chi connectivity index (χ0v) is 17.9. The average Bonchev–Trinajstić information content (AvgIpc) is 3.19. The number of hydrogen-bond acceptors (Lipinski definition) is 4. The number of aromatic nitrogens is 3. The fraction of sp³-hybridized carbons (Fsp3) is 0.120. The van der Waals surface area contributed by atoms with Gasteiger partial charge < -0.3 is 9.72 Å². The van der Waals surface area contributed by atoms with Crippen LogP contribution >= 0.6 is 11.8 Å². The summed E-state index contributed by atoms with van der Waals surface area (Å²) in [7, 11) is 0. The second-order valence-electron chi connectivity index (χ2n) is 7.13. The van der Waals surface area contributed by atoms with Crippen molar-refractivity contribution in [1.29, 1.82) is 0 Å². The second-order valence-corrected chi connectivity index (χ2v) is 8.07. The number of aromatic amines is 1. The first-order valence-electron chi connectivity index (χ1n) is 10.2. The SMILES string of the molecule is CCOc1ccc(-n2c(SCc3ccccc3)nc3c([nH]c4ccccc43)c2=O)cc1. The lowest BCUT2D eigenvalue weighted by atomic mass is 10.2. The molecule has 0 atom stereocenters. The monoisotopic (exact) mass is 427 g/mol. The van der Waals surface area contributed by atoms with Gasteiger partial charge in [-0.05, 0) is 42.8 Å². The maximum Gasteiger partial charge on any atom is 0.283 e. The van der Waals surface area contributed by atoms with E-state index in [1.54, 1.807) is 16.3 Å². The Labute approximate surface area is 183 Å². The summed E-state index contributed by atoms with van der Waals surface area (Å²) in [6.07, 6.45) is 0. The highest BCUT2D eigenvalue weighted by molar-refractivity contribution is 7.98. The van der Waals surface area contributed by atoms with Crippen molar-refractivity contribution in [2.24, 2.45) is 0 Å². The lowest BCUT2D eigenvalue weighted by Gasteiger charge is -2.13. The van der Waals surface area contributed by atoms with Crippen LogP contribution in [0.1, 0.15) is 12.5 Å². The molecule has 0 amide bonds. The van der Waals surface area contributed by atoms with Gasteiger partial charge in [-0.15, -0.1) is 0 Å². The summed E-state index contributed by atoms with van der Waals surface area (Å²) < 4.78 is 7.24. The van der Waals surface area contributed by atoms with Gasteiger partial charge in [-0.1, -0.05) is 60.3 Å². The average molecular weight is 428 g/mol. The molecular weight excluding hydrogens is 406 g/mol. The van der Waals surface area contributed by atoms with Gasteiger partial charge in [0.2, 0.25) is 0 Å². The first kappa shape index (κ1) is 19.5. The Hall–Kier alpha value is -3.51. The van der Waals surface area contributed by atoms with Crippen LogP contribution in [0.5, 0.6) is 5.75 Å². The van der Waals surface area contributed by atoms with Crippen LogP contribution in [0.15, 0.2) is 88.8 Å². The number of benzene rings is 3. The molecule has 1 N–H and O–H groups in total. The highest BCUT2D eigenvalue weighted by Gasteiger charge is 2.17. The number of para-hydroxylation sites is 1. The van der Waals surface area contributed by atoms with Crippen LogP contribution in [-0.2, 0) is 5.75 Å². The van der Waals surface area contributed by atoms with Gasteiger partial charge in [-0.25, -0.2) is 4.98 Å². The molecule has 0 radical (unpaired) electrons. The molecule has 0 aliphatic carbocycles.